The lowest BCUT2D eigenvalue weighted by molar-refractivity contribution is 0.183. The first-order valence-electron chi connectivity index (χ1n) is 7.77. The molecule has 1 aromatic heterocycles. The van der Waals surface area contributed by atoms with Crippen molar-refractivity contribution in [3.05, 3.63) is 35.1 Å². The molecule has 1 aliphatic rings. The van der Waals surface area contributed by atoms with Gasteiger partial charge in [-0.3, -0.25) is 0 Å². The first-order valence-corrected chi connectivity index (χ1v) is 7.77. The van der Waals surface area contributed by atoms with Crippen LogP contribution in [-0.2, 0) is 23.3 Å². The minimum absolute atomic E-state index is 0.0723. The van der Waals surface area contributed by atoms with Crippen molar-refractivity contribution in [3.8, 4) is 0 Å². The molecule has 1 fully saturated rings. The van der Waals surface area contributed by atoms with Crippen LogP contribution in [0, 0.1) is 0 Å². The van der Waals surface area contributed by atoms with Gasteiger partial charge in [0.15, 0.2) is 0 Å². The average Bonchev–Trinajstić information content (AvgIpc) is 3.19. The first-order chi connectivity index (χ1) is 10.0. The second-order valence-electron chi connectivity index (χ2n) is 7.02. The minimum atomic E-state index is 0.0723. The summed E-state index contributed by atoms with van der Waals surface area (Å²) in [6.07, 6.45) is 2.57. The molecule has 1 N–H and O–H groups in total. The topological polar surface area (TPSA) is 34.4 Å². The SMILES string of the molecule is COCc1c(CNC2CC2)oc2c(C(C)(C)C)cccc12. The van der Waals surface area contributed by atoms with E-state index in [9.17, 15) is 0 Å². The van der Waals surface area contributed by atoms with Crippen LogP contribution in [0.15, 0.2) is 22.6 Å². The Morgan fingerprint density at radius 1 is 1.29 bits per heavy atom. The molecule has 21 heavy (non-hydrogen) atoms. The van der Waals surface area contributed by atoms with E-state index in [4.69, 9.17) is 9.15 Å². The predicted octanol–water partition coefficient (Wildman–Crippen LogP) is 4.13. The smallest absolute Gasteiger partial charge is 0.138 e. The summed E-state index contributed by atoms with van der Waals surface area (Å²) in [6.45, 7) is 8.07. The van der Waals surface area contributed by atoms with Crippen molar-refractivity contribution < 1.29 is 9.15 Å². The molecule has 0 amide bonds. The summed E-state index contributed by atoms with van der Waals surface area (Å²) in [4.78, 5) is 0. The van der Waals surface area contributed by atoms with E-state index in [-0.39, 0.29) is 5.41 Å². The van der Waals surface area contributed by atoms with E-state index in [1.165, 1.54) is 29.4 Å². The summed E-state index contributed by atoms with van der Waals surface area (Å²) in [6, 6.07) is 7.11. The van der Waals surface area contributed by atoms with Crippen LogP contribution in [0.3, 0.4) is 0 Å². The number of furan rings is 1. The lowest BCUT2D eigenvalue weighted by Crippen LogP contribution is -2.15. The Labute approximate surface area is 126 Å². The largest absolute Gasteiger partial charge is 0.459 e. The van der Waals surface area contributed by atoms with E-state index in [0.717, 1.165) is 17.9 Å². The van der Waals surface area contributed by atoms with Crippen LogP contribution in [0.5, 0.6) is 0 Å². The van der Waals surface area contributed by atoms with Gasteiger partial charge in [0.25, 0.3) is 0 Å². The molecule has 1 saturated carbocycles. The molecule has 1 aliphatic carbocycles. The van der Waals surface area contributed by atoms with Gasteiger partial charge in [-0.05, 0) is 18.3 Å². The number of rotatable bonds is 5. The number of hydrogen-bond donors (Lipinski definition) is 1. The highest BCUT2D eigenvalue weighted by Crippen LogP contribution is 2.35. The maximum atomic E-state index is 6.25. The molecule has 0 bridgehead atoms. The van der Waals surface area contributed by atoms with Gasteiger partial charge in [0.2, 0.25) is 0 Å². The first kappa shape index (κ1) is 14.6. The monoisotopic (exact) mass is 287 g/mol. The fraction of sp³-hybridized carbons (Fsp3) is 0.556. The molecule has 3 nitrogen and oxygen atoms in total. The molecule has 0 unspecified atom stereocenters. The van der Waals surface area contributed by atoms with E-state index in [2.05, 4.69) is 44.3 Å². The molecular formula is C18H25NO2. The maximum absolute atomic E-state index is 6.25. The van der Waals surface area contributed by atoms with Gasteiger partial charge in [0, 0.05) is 29.7 Å². The molecule has 1 aromatic carbocycles. The molecule has 0 radical (unpaired) electrons. The van der Waals surface area contributed by atoms with Crippen molar-refractivity contribution in [2.75, 3.05) is 7.11 Å². The molecule has 114 valence electrons. The Hall–Kier alpha value is -1.32. The van der Waals surface area contributed by atoms with Crippen LogP contribution in [0.1, 0.15) is 50.5 Å². The number of nitrogens with one attached hydrogen (secondary N) is 1. The highest BCUT2D eigenvalue weighted by Gasteiger charge is 2.25. The van der Waals surface area contributed by atoms with Gasteiger partial charge in [-0.25, -0.2) is 0 Å². The fourth-order valence-electron chi connectivity index (χ4n) is 2.78. The minimum Gasteiger partial charge on any atom is -0.459 e. The number of ether oxygens (including phenoxy) is 1. The van der Waals surface area contributed by atoms with E-state index >= 15 is 0 Å². The fourth-order valence-corrected chi connectivity index (χ4v) is 2.78. The number of methoxy groups -OCH3 is 1. The quantitative estimate of drug-likeness (QED) is 0.898. The Bertz CT molecular complexity index is 632. The number of fused-ring (bicyclic) bond motifs is 1. The van der Waals surface area contributed by atoms with Crippen molar-refractivity contribution >= 4 is 11.0 Å². The summed E-state index contributed by atoms with van der Waals surface area (Å²) < 4.78 is 11.6. The maximum Gasteiger partial charge on any atom is 0.138 e. The van der Waals surface area contributed by atoms with Crippen LogP contribution >= 0.6 is 0 Å². The van der Waals surface area contributed by atoms with E-state index < -0.39 is 0 Å². The number of benzene rings is 1. The van der Waals surface area contributed by atoms with Gasteiger partial charge < -0.3 is 14.5 Å². The Morgan fingerprint density at radius 3 is 2.67 bits per heavy atom. The van der Waals surface area contributed by atoms with Crippen LogP contribution in [0.4, 0.5) is 0 Å². The molecule has 0 atom stereocenters. The zero-order chi connectivity index (χ0) is 15.0. The molecule has 0 aliphatic heterocycles. The Kier molecular flexibility index (Phi) is 3.80. The third kappa shape index (κ3) is 2.99. The second-order valence-corrected chi connectivity index (χ2v) is 7.02. The number of para-hydroxylation sites is 1. The summed E-state index contributed by atoms with van der Waals surface area (Å²) in [5.41, 5.74) is 3.54. The van der Waals surface area contributed by atoms with Gasteiger partial charge in [0.05, 0.1) is 13.2 Å². The van der Waals surface area contributed by atoms with Gasteiger partial charge >= 0.3 is 0 Å². The zero-order valence-corrected chi connectivity index (χ0v) is 13.5. The van der Waals surface area contributed by atoms with Crippen LogP contribution < -0.4 is 5.32 Å². The van der Waals surface area contributed by atoms with Gasteiger partial charge in [-0.15, -0.1) is 0 Å². The summed E-state index contributed by atoms with van der Waals surface area (Å²) in [5.74, 6) is 1.02. The van der Waals surface area contributed by atoms with E-state index in [1.807, 2.05) is 0 Å². The van der Waals surface area contributed by atoms with Crippen molar-refractivity contribution in [1.29, 1.82) is 0 Å². The van der Waals surface area contributed by atoms with Crippen LogP contribution in [-0.4, -0.2) is 13.2 Å². The second kappa shape index (κ2) is 5.47. The molecule has 1 heterocycles. The van der Waals surface area contributed by atoms with E-state index in [1.54, 1.807) is 7.11 Å². The summed E-state index contributed by atoms with van der Waals surface area (Å²) >= 11 is 0. The normalized spacial score (nSPS) is 15.8. The van der Waals surface area contributed by atoms with Crippen molar-refractivity contribution in [3.63, 3.8) is 0 Å². The van der Waals surface area contributed by atoms with Gasteiger partial charge in [0.1, 0.15) is 11.3 Å². The predicted molar refractivity (Wildman–Crippen MR) is 85.5 cm³/mol. The Morgan fingerprint density at radius 2 is 2.05 bits per heavy atom. The van der Waals surface area contributed by atoms with Crippen molar-refractivity contribution in [1.82, 2.24) is 5.32 Å². The molecule has 2 aromatic rings. The van der Waals surface area contributed by atoms with Gasteiger partial charge in [-0.1, -0.05) is 39.0 Å². The highest BCUT2D eigenvalue weighted by atomic mass is 16.5. The lowest BCUT2D eigenvalue weighted by Gasteiger charge is -2.18. The molecule has 3 heteroatoms. The van der Waals surface area contributed by atoms with Crippen LogP contribution in [0.2, 0.25) is 0 Å². The van der Waals surface area contributed by atoms with E-state index in [0.29, 0.717) is 12.6 Å². The highest BCUT2D eigenvalue weighted by molar-refractivity contribution is 5.85. The average molecular weight is 287 g/mol. The van der Waals surface area contributed by atoms with Gasteiger partial charge in [-0.2, -0.15) is 0 Å². The number of hydrogen-bond acceptors (Lipinski definition) is 3. The van der Waals surface area contributed by atoms with Crippen molar-refractivity contribution in [2.45, 2.75) is 58.2 Å². The standard InChI is InChI=1S/C18H25NO2/c1-18(2,3)15-7-5-6-13-14(11-20-4)16(21-17(13)15)10-19-12-8-9-12/h5-7,12,19H,8-11H2,1-4H3. The molecule has 0 spiro atoms. The zero-order valence-electron chi connectivity index (χ0n) is 13.5. The molecule has 0 saturated heterocycles. The Balaban J connectivity index is 2.06. The summed E-state index contributed by atoms with van der Waals surface area (Å²) in [7, 11) is 1.74. The molecule has 3 rings (SSSR count). The lowest BCUT2D eigenvalue weighted by atomic mass is 9.86. The third-order valence-corrected chi connectivity index (χ3v) is 4.13. The molecular weight excluding hydrogens is 262 g/mol. The van der Waals surface area contributed by atoms with Crippen LogP contribution in [0.25, 0.3) is 11.0 Å². The summed E-state index contributed by atoms with van der Waals surface area (Å²) in [5, 5.41) is 4.73. The van der Waals surface area contributed by atoms with Crippen molar-refractivity contribution in [2.24, 2.45) is 0 Å². The third-order valence-electron chi connectivity index (χ3n) is 4.13.